The van der Waals surface area contributed by atoms with Gasteiger partial charge < -0.3 is 18.3 Å². The van der Waals surface area contributed by atoms with E-state index in [4.69, 9.17) is 29.9 Å². The second kappa shape index (κ2) is 29.6. The average molecular weight is 1730 g/mol. The van der Waals surface area contributed by atoms with Crippen LogP contribution in [0.1, 0.15) is 0 Å². The van der Waals surface area contributed by atoms with E-state index in [2.05, 4.69) is 467 Å². The van der Waals surface area contributed by atoms with E-state index in [0.717, 1.165) is 209 Å². The molecule has 0 saturated carbocycles. The Balaban J connectivity index is 0.567. The van der Waals surface area contributed by atoms with Crippen molar-refractivity contribution < 1.29 is 0 Å². The molecule has 10 heteroatoms. The van der Waals surface area contributed by atoms with Crippen LogP contribution in [0.2, 0.25) is 0 Å². The molecule has 0 aliphatic carbocycles. The number of benzene rings is 21. The molecule has 0 saturated heterocycles. The molecule has 0 fully saturated rings. The van der Waals surface area contributed by atoms with Crippen LogP contribution in [0.4, 0.5) is 0 Å². The van der Waals surface area contributed by atoms with Gasteiger partial charge in [0.15, 0.2) is 34.9 Å². The number of para-hydroxylation sites is 7. The second-order valence-corrected chi connectivity index (χ2v) is 35.8. The van der Waals surface area contributed by atoms with Gasteiger partial charge in [-0.3, -0.25) is 0 Å². The first-order valence-electron chi connectivity index (χ1n) is 46.4. The highest BCUT2D eigenvalue weighted by Crippen LogP contribution is 2.54. The van der Waals surface area contributed by atoms with Crippen molar-refractivity contribution in [2.75, 3.05) is 0 Å². The predicted molar refractivity (Wildman–Crippen MR) is 561 cm³/mol. The largest absolute Gasteiger partial charge is 0.308 e. The van der Waals surface area contributed by atoms with Gasteiger partial charge in [0.05, 0.1) is 72.4 Å². The summed E-state index contributed by atoms with van der Waals surface area (Å²) in [5.74, 6) is 3.50. The van der Waals surface area contributed by atoms with Gasteiger partial charge in [-0.25, -0.2) is 29.9 Å². The number of hydrogen-bond donors (Lipinski definition) is 0. The van der Waals surface area contributed by atoms with Crippen molar-refractivity contribution in [3.05, 3.63) is 449 Å². The normalized spacial score (nSPS) is 12.1. The van der Waals surface area contributed by atoms with E-state index in [1.165, 1.54) is 44.1 Å². The molecule has 2 aliphatic heterocycles. The second-order valence-electron chi connectivity index (χ2n) is 35.8. The summed E-state index contributed by atoms with van der Waals surface area (Å²) in [6.45, 7) is 0. The van der Waals surface area contributed by atoms with Crippen LogP contribution in [0.15, 0.2) is 449 Å². The molecule has 21 aromatic carbocycles. The third-order valence-corrected chi connectivity index (χ3v) is 28.6. The van der Waals surface area contributed by atoms with Crippen LogP contribution in [0.25, 0.3) is 289 Å². The third-order valence-electron chi connectivity index (χ3n) is 28.6. The summed E-state index contributed by atoms with van der Waals surface area (Å²) in [6, 6.07) is 163. The van der Waals surface area contributed by atoms with Gasteiger partial charge in [0, 0.05) is 93.2 Å². The van der Waals surface area contributed by atoms with Gasteiger partial charge in [-0.1, -0.05) is 376 Å². The highest BCUT2D eigenvalue weighted by Gasteiger charge is 2.32. The third kappa shape index (κ3) is 11.4. The van der Waals surface area contributed by atoms with Crippen LogP contribution in [-0.4, -0.2) is 48.2 Å². The molecule has 0 bridgehead atoms. The summed E-state index contributed by atoms with van der Waals surface area (Å²) in [5, 5.41) is 15.7. The summed E-state index contributed by atoms with van der Waals surface area (Å²) in [6.07, 6.45) is 0. The summed E-state index contributed by atoms with van der Waals surface area (Å²) >= 11 is 0. The topological polar surface area (TPSA) is 97.1 Å². The van der Waals surface area contributed by atoms with Crippen molar-refractivity contribution in [1.29, 1.82) is 0 Å². The van der Waals surface area contributed by atoms with Gasteiger partial charge in [0.1, 0.15) is 0 Å². The lowest BCUT2D eigenvalue weighted by atomic mass is 9.88. The van der Waals surface area contributed by atoms with Crippen molar-refractivity contribution in [2.24, 2.45) is 0 Å². The van der Waals surface area contributed by atoms with Gasteiger partial charge in [0.2, 0.25) is 0 Å². The van der Waals surface area contributed by atoms with Crippen molar-refractivity contribution in [3.63, 3.8) is 0 Å². The fourth-order valence-corrected chi connectivity index (χ4v) is 22.5. The smallest absolute Gasteiger partial charge is 0.166 e. The lowest BCUT2D eigenvalue weighted by molar-refractivity contribution is 1.07. The Labute approximate surface area is 780 Å². The molecule has 0 unspecified atom stereocenters. The number of fused-ring (bicyclic) bond motifs is 25. The molecular formula is C126H74N10. The lowest BCUT2D eigenvalue weighted by Gasteiger charge is -2.17. The van der Waals surface area contributed by atoms with Crippen LogP contribution in [-0.2, 0) is 0 Å². The molecule has 0 amide bonds. The summed E-state index contributed by atoms with van der Waals surface area (Å²) in [5.41, 5.74) is 34.7. The van der Waals surface area contributed by atoms with Crippen LogP contribution < -0.4 is 0 Å². The molecule has 6 aromatic heterocycles. The minimum atomic E-state index is 0.561. The van der Waals surface area contributed by atoms with Crippen LogP contribution in [0, 0.1) is 0 Å². The van der Waals surface area contributed by atoms with Gasteiger partial charge in [0.25, 0.3) is 0 Å². The SMILES string of the molecule is c1ccc(-c2ccc(-c3nc(-c4ccc(-c5ccccc5-c5ccc6c(c5)-c5cccc7c8cc9c(cc8n(c57)-c5ccccc5-6)c5ccccc5n9-c5ccccc5-c5nc(-c6cccc7ccccc67)nc(-c6cccc7ccccc67)n5)cc4)nc(-c4c(-n5c6ccccc6c6cc7c(cc65)c5cccc6c5n7-c5ccccc5-c5ccccc5-6)ccc5ccccc45)n3)cc2)cc1. The van der Waals surface area contributed by atoms with Crippen LogP contribution in [0.5, 0.6) is 0 Å². The molecule has 27 aromatic rings. The predicted octanol–water partition coefficient (Wildman–Crippen LogP) is 32.2. The minimum absolute atomic E-state index is 0.561. The summed E-state index contributed by atoms with van der Waals surface area (Å²) in [4.78, 5) is 33.4. The molecule has 10 nitrogen and oxygen atoms in total. The van der Waals surface area contributed by atoms with Crippen LogP contribution >= 0.6 is 0 Å². The zero-order valence-corrected chi connectivity index (χ0v) is 73.2. The standard InChI is InChI=1S/C126H74N10/c1-2-28-75(29-3-1)76-58-62-81(63-59-76)121-127-122(129-126(128-121)118-88-39-9-6-32-79(88)67-69-113(118)134-109-54-20-17-45-95(109)105-72-116-107(74-115(105)134)98-49-26-47-96-90-41-13-12-40-89(90)92-42-14-21-55-110(92)135(116)119(96)98)82-64-60-80(61-65-82)84-35-10-11-38-87(84)83-66-68-91-93-43-15-22-56-111(93)136-117-71-104-94-44-16-19-53-108(94)133(114(104)73-106(117)99-50-27-48-97(120(99)136)103(91)70-83)112-57-23-18-46-102(112)125-131-123(100-51-24-33-77-30-4-7-36-85(77)100)130-124(132-125)101-52-25-34-78-31-5-8-37-86(78)101/h1-74H. The van der Waals surface area contributed by atoms with Gasteiger partial charge in [-0.05, 0) is 161 Å². The first-order valence-corrected chi connectivity index (χ1v) is 46.4. The van der Waals surface area contributed by atoms with Crippen molar-refractivity contribution in [1.82, 2.24) is 48.2 Å². The lowest BCUT2D eigenvalue weighted by Crippen LogP contribution is -2.04. The minimum Gasteiger partial charge on any atom is -0.308 e. The molecule has 0 N–H and O–H groups in total. The van der Waals surface area contributed by atoms with Crippen molar-refractivity contribution >= 4 is 120 Å². The number of rotatable bonds is 11. The Kier molecular flexibility index (Phi) is 16.4. The van der Waals surface area contributed by atoms with E-state index < -0.39 is 0 Å². The number of hydrogen-bond acceptors (Lipinski definition) is 6. The van der Waals surface area contributed by atoms with E-state index >= 15 is 0 Å². The molecule has 29 rings (SSSR count). The number of nitrogens with zero attached hydrogens (tertiary/aromatic N) is 10. The van der Waals surface area contributed by atoms with Gasteiger partial charge in [-0.15, -0.1) is 0 Å². The Morgan fingerprint density at radius 3 is 1.01 bits per heavy atom. The first kappa shape index (κ1) is 75.4. The maximum absolute atomic E-state index is 5.73. The van der Waals surface area contributed by atoms with Crippen LogP contribution in [0.3, 0.4) is 0 Å². The number of aromatic nitrogens is 10. The summed E-state index contributed by atoms with van der Waals surface area (Å²) in [7, 11) is 0. The molecule has 8 heterocycles. The molecular weight excluding hydrogens is 1650 g/mol. The highest BCUT2D eigenvalue weighted by molar-refractivity contribution is 6.25. The van der Waals surface area contributed by atoms with E-state index in [9.17, 15) is 0 Å². The maximum Gasteiger partial charge on any atom is 0.166 e. The van der Waals surface area contributed by atoms with E-state index in [1.54, 1.807) is 0 Å². The van der Waals surface area contributed by atoms with E-state index in [-0.39, 0.29) is 0 Å². The fourth-order valence-electron chi connectivity index (χ4n) is 22.5. The van der Waals surface area contributed by atoms with Gasteiger partial charge in [-0.2, -0.15) is 0 Å². The Bertz CT molecular complexity index is 9710. The fraction of sp³-hybridized carbons (Fsp3) is 0. The Hall–Kier alpha value is -18.4. The van der Waals surface area contributed by atoms with Gasteiger partial charge >= 0.3 is 0 Å². The summed E-state index contributed by atoms with van der Waals surface area (Å²) < 4.78 is 9.96. The Morgan fingerprint density at radius 1 is 0.132 bits per heavy atom. The maximum atomic E-state index is 5.73. The van der Waals surface area contributed by atoms with E-state index in [0.29, 0.717) is 34.9 Å². The molecule has 0 atom stereocenters. The molecule has 0 spiro atoms. The van der Waals surface area contributed by atoms with Crippen molar-refractivity contribution in [3.8, 4) is 169 Å². The average Bonchev–Trinajstić information content (AvgIpc) is 1.54. The monoisotopic (exact) mass is 1730 g/mol. The molecule has 0 radical (unpaired) electrons. The zero-order chi connectivity index (χ0) is 88.9. The quantitative estimate of drug-likeness (QED) is 0.128. The first-order chi connectivity index (χ1) is 67.5. The van der Waals surface area contributed by atoms with Crippen molar-refractivity contribution in [2.45, 2.75) is 0 Å². The molecule has 2 aliphatic rings. The Morgan fingerprint density at radius 2 is 0.456 bits per heavy atom. The molecule has 628 valence electrons. The zero-order valence-electron chi connectivity index (χ0n) is 73.2. The van der Waals surface area contributed by atoms with E-state index in [1.807, 2.05) is 0 Å². The molecule has 136 heavy (non-hydrogen) atoms. The highest BCUT2D eigenvalue weighted by atomic mass is 15.1.